The first-order chi connectivity index (χ1) is 5.66. The van der Waals surface area contributed by atoms with Crippen LogP contribution in [-0.2, 0) is 6.54 Å². The van der Waals surface area contributed by atoms with Crippen LogP contribution in [0.3, 0.4) is 0 Å². The molecule has 1 nitrogen and oxygen atoms in total. The van der Waals surface area contributed by atoms with Crippen LogP contribution in [0, 0.1) is 5.82 Å². The van der Waals surface area contributed by atoms with E-state index < -0.39 is 0 Å². The number of hydrogen-bond donors (Lipinski definition) is 1. The Labute approximate surface area is 87.6 Å². The molecule has 0 atom stereocenters. The van der Waals surface area contributed by atoms with E-state index in [4.69, 9.17) is 0 Å². The van der Waals surface area contributed by atoms with E-state index in [9.17, 15) is 4.39 Å². The first kappa shape index (κ1) is 10.2. The Morgan fingerprint density at radius 3 is 2.50 bits per heavy atom. The molecule has 66 valence electrons. The fourth-order valence-electron chi connectivity index (χ4n) is 0.908. The molecule has 0 heterocycles. The third-order valence-corrected chi connectivity index (χ3v) is 2.85. The maximum atomic E-state index is 13.3. The molecule has 0 saturated carbocycles. The van der Waals surface area contributed by atoms with Crippen LogP contribution >= 0.6 is 31.9 Å². The summed E-state index contributed by atoms with van der Waals surface area (Å²) in [6.07, 6.45) is 0. The van der Waals surface area contributed by atoms with Gasteiger partial charge in [0.05, 0.1) is 4.47 Å². The highest BCUT2D eigenvalue weighted by Gasteiger charge is 2.08. The lowest BCUT2D eigenvalue weighted by Crippen LogP contribution is -2.08. The van der Waals surface area contributed by atoms with Crippen molar-refractivity contribution in [2.75, 3.05) is 7.05 Å². The van der Waals surface area contributed by atoms with Crippen LogP contribution in [0.25, 0.3) is 0 Å². The van der Waals surface area contributed by atoms with Crippen LogP contribution in [0.2, 0.25) is 0 Å². The van der Waals surface area contributed by atoms with Crippen LogP contribution in [0.4, 0.5) is 4.39 Å². The fourth-order valence-corrected chi connectivity index (χ4v) is 1.73. The van der Waals surface area contributed by atoms with Crippen molar-refractivity contribution in [3.05, 3.63) is 32.5 Å². The number of rotatable bonds is 2. The second kappa shape index (κ2) is 4.35. The summed E-state index contributed by atoms with van der Waals surface area (Å²) in [4.78, 5) is 0. The number of halogens is 3. The Bertz CT molecular complexity index is 289. The third-order valence-electron chi connectivity index (χ3n) is 1.49. The van der Waals surface area contributed by atoms with Gasteiger partial charge < -0.3 is 5.32 Å². The molecule has 0 aliphatic rings. The van der Waals surface area contributed by atoms with Crippen LogP contribution in [0.1, 0.15) is 5.56 Å². The van der Waals surface area contributed by atoms with E-state index in [-0.39, 0.29) is 5.82 Å². The smallest absolute Gasteiger partial charge is 0.142 e. The molecule has 0 unspecified atom stereocenters. The Morgan fingerprint density at radius 1 is 1.33 bits per heavy atom. The van der Waals surface area contributed by atoms with E-state index in [0.29, 0.717) is 16.6 Å². The van der Waals surface area contributed by atoms with Crippen molar-refractivity contribution in [3.8, 4) is 0 Å². The second-order valence-electron chi connectivity index (χ2n) is 2.35. The van der Waals surface area contributed by atoms with Gasteiger partial charge in [-0.3, -0.25) is 0 Å². The minimum Gasteiger partial charge on any atom is -0.316 e. The summed E-state index contributed by atoms with van der Waals surface area (Å²) >= 11 is 6.41. The zero-order valence-electron chi connectivity index (χ0n) is 6.50. The maximum absolute atomic E-state index is 13.3. The summed E-state index contributed by atoms with van der Waals surface area (Å²) in [5.74, 6) is -0.210. The molecule has 0 saturated heterocycles. The molecule has 0 radical (unpaired) electrons. The summed E-state index contributed by atoms with van der Waals surface area (Å²) in [6.45, 7) is 0.520. The van der Waals surface area contributed by atoms with Gasteiger partial charge in [0, 0.05) is 16.6 Å². The minimum atomic E-state index is -0.210. The largest absolute Gasteiger partial charge is 0.316 e. The van der Waals surface area contributed by atoms with Crippen LogP contribution < -0.4 is 5.32 Å². The Balaban J connectivity index is 3.14. The molecule has 0 bridgehead atoms. The first-order valence-electron chi connectivity index (χ1n) is 3.43. The summed E-state index contributed by atoms with van der Waals surface area (Å²) in [7, 11) is 1.78. The van der Waals surface area contributed by atoms with Crippen molar-refractivity contribution in [2.24, 2.45) is 0 Å². The van der Waals surface area contributed by atoms with Crippen molar-refractivity contribution in [2.45, 2.75) is 6.54 Å². The van der Waals surface area contributed by atoms with E-state index in [2.05, 4.69) is 37.2 Å². The molecule has 0 aromatic heterocycles. The summed E-state index contributed by atoms with van der Waals surface area (Å²) < 4.78 is 14.6. The van der Waals surface area contributed by atoms with Crippen molar-refractivity contribution in [1.29, 1.82) is 0 Å². The average molecular weight is 297 g/mol. The molecule has 1 aromatic rings. The number of benzene rings is 1. The predicted octanol–water partition coefficient (Wildman–Crippen LogP) is 3.07. The molecule has 0 aliphatic carbocycles. The molecule has 1 aromatic carbocycles. The van der Waals surface area contributed by atoms with E-state index >= 15 is 0 Å². The Morgan fingerprint density at radius 2 is 1.92 bits per heavy atom. The van der Waals surface area contributed by atoms with Crippen LogP contribution in [-0.4, -0.2) is 7.05 Å². The van der Waals surface area contributed by atoms with Gasteiger partial charge in [-0.15, -0.1) is 0 Å². The monoisotopic (exact) mass is 295 g/mol. The van der Waals surface area contributed by atoms with E-state index in [0.717, 1.165) is 4.47 Å². The van der Waals surface area contributed by atoms with Crippen molar-refractivity contribution in [1.82, 2.24) is 5.32 Å². The van der Waals surface area contributed by atoms with Gasteiger partial charge in [-0.2, -0.15) is 0 Å². The molecule has 0 spiro atoms. The topological polar surface area (TPSA) is 12.0 Å². The molecule has 0 fully saturated rings. The SMILES string of the molecule is CNCc1c(Br)ccc(Br)c1F. The molecule has 1 rings (SSSR count). The second-order valence-corrected chi connectivity index (χ2v) is 4.06. The van der Waals surface area contributed by atoms with Crippen LogP contribution in [0.5, 0.6) is 0 Å². The Kier molecular flexibility index (Phi) is 3.68. The third kappa shape index (κ3) is 2.06. The summed E-state index contributed by atoms with van der Waals surface area (Å²) in [5.41, 5.74) is 0.645. The van der Waals surface area contributed by atoms with Crippen LogP contribution in [0.15, 0.2) is 21.1 Å². The van der Waals surface area contributed by atoms with Crippen molar-refractivity contribution < 1.29 is 4.39 Å². The lowest BCUT2D eigenvalue weighted by Gasteiger charge is -2.06. The summed E-state index contributed by atoms with van der Waals surface area (Å²) in [5, 5.41) is 2.90. The van der Waals surface area contributed by atoms with Crippen molar-refractivity contribution in [3.63, 3.8) is 0 Å². The zero-order valence-corrected chi connectivity index (χ0v) is 9.67. The highest BCUT2D eigenvalue weighted by atomic mass is 79.9. The molecular weight excluding hydrogens is 289 g/mol. The van der Waals surface area contributed by atoms with Gasteiger partial charge in [0.15, 0.2) is 0 Å². The van der Waals surface area contributed by atoms with Gasteiger partial charge in [0.25, 0.3) is 0 Å². The van der Waals surface area contributed by atoms with E-state index in [1.165, 1.54) is 0 Å². The molecule has 12 heavy (non-hydrogen) atoms. The first-order valence-corrected chi connectivity index (χ1v) is 5.02. The van der Waals surface area contributed by atoms with Gasteiger partial charge in [-0.05, 0) is 35.1 Å². The predicted molar refractivity (Wildman–Crippen MR) is 54.6 cm³/mol. The van der Waals surface area contributed by atoms with Gasteiger partial charge in [0.1, 0.15) is 5.82 Å². The summed E-state index contributed by atoms with van der Waals surface area (Å²) in [6, 6.07) is 3.50. The van der Waals surface area contributed by atoms with Crippen molar-refractivity contribution >= 4 is 31.9 Å². The molecule has 0 amide bonds. The van der Waals surface area contributed by atoms with E-state index in [1.54, 1.807) is 13.1 Å². The van der Waals surface area contributed by atoms with Gasteiger partial charge in [-0.25, -0.2) is 4.39 Å². The number of hydrogen-bond acceptors (Lipinski definition) is 1. The average Bonchev–Trinajstić information content (AvgIpc) is 2.06. The lowest BCUT2D eigenvalue weighted by molar-refractivity contribution is 0.593. The van der Waals surface area contributed by atoms with Gasteiger partial charge >= 0.3 is 0 Å². The minimum absolute atomic E-state index is 0.210. The standard InChI is InChI=1S/C8H8Br2FN/c1-12-4-5-6(9)2-3-7(10)8(5)11/h2-3,12H,4H2,1H3. The fraction of sp³-hybridized carbons (Fsp3) is 0.250. The zero-order chi connectivity index (χ0) is 9.14. The number of nitrogens with one attached hydrogen (secondary N) is 1. The highest BCUT2D eigenvalue weighted by Crippen LogP contribution is 2.25. The van der Waals surface area contributed by atoms with Gasteiger partial charge in [0.2, 0.25) is 0 Å². The van der Waals surface area contributed by atoms with Gasteiger partial charge in [-0.1, -0.05) is 15.9 Å². The quantitative estimate of drug-likeness (QED) is 0.827. The molecule has 0 aliphatic heterocycles. The normalized spacial score (nSPS) is 10.3. The molecular formula is C8H8Br2FN. The molecule has 1 N–H and O–H groups in total. The maximum Gasteiger partial charge on any atom is 0.142 e. The molecule has 4 heteroatoms. The van der Waals surface area contributed by atoms with E-state index in [1.807, 2.05) is 6.07 Å². The lowest BCUT2D eigenvalue weighted by atomic mass is 10.2. The Hall–Kier alpha value is 0.0700. The highest BCUT2D eigenvalue weighted by molar-refractivity contribution is 9.11.